The van der Waals surface area contributed by atoms with Gasteiger partial charge < -0.3 is 9.30 Å². The average molecular weight is 358 g/mol. The van der Waals surface area contributed by atoms with Gasteiger partial charge in [0.25, 0.3) is 0 Å². The quantitative estimate of drug-likeness (QED) is 0.468. The molecule has 0 saturated heterocycles. The first kappa shape index (κ1) is 16.7. The van der Waals surface area contributed by atoms with Crippen LogP contribution in [0.15, 0.2) is 47.5 Å². The van der Waals surface area contributed by atoms with E-state index in [2.05, 4.69) is 22.2 Å². The molecular formula is C17H18N4OS2. The molecule has 0 amide bonds. The Balaban J connectivity index is 1.71. The number of allylic oxidation sites excluding steroid dienone is 1. The smallest absolute Gasteiger partial charge is 0.191 e. The molecule has 0 N–H and O–H groups in total. The van der Waals surface area contributed by atoms with E-state index < -0.39 is 0 Å². The Morgan fingerprint density at radius 3 is 3.04 bits per heavy atom. The molecule has 0 aliphatic carbocycles. The predicted molar refractivity (Wildman–Crippen MR) is 98.6 cm³/mol. The minimum absolute atomic E-state index is 0.716. The Morgan fingerprint density at radius 1 is 1.38 bits per heavy atom. The van der Waals surface area contributed by atoms with Crippen LogP contribution in [0.5, 0.6) is 5.75 Å². The van der Waals surface area contributed by atoms with Crippen LogP contribution in [0, 0.1) is 6.92 Å². The summed E-state index contributed by atoms with van der Waals surface area (Å²) in [5, 5.41) is 12.3. The van der Waals surface area contributed by atoms with Crippen LogP contribution in [-0.2, 0) is 12.3 Å². The van der Waals surface area contributed by atoms with Crippen LogP contribution in [0.1, 0.15) is 11.5 Å². The maximum Gasteiger partial charge on any atom is 0.191 e. The molecule has 0 aliphatic rings. The molecule has 0 saturated carbocycles. The molecule has 1 aromatic carbocycles. The van der Waals surface area contributed by atoms with Crippen molar-refractivity contribution in [2.24, 2.45) is 0 Å². The summed E-state index contributed by atoms with van der Waals surface area (Å²) < 4.78 is 7.32. The van der Waals surface area contributed by atoms with Crippen LogP contribution in [0.2, 0.25) is 0 Å². The number of rotatable bonds is 7. The van der Waals surface area contributed by atoms with Crippen LogP contribution in [0.25, 0.3) is 10.6 Å². The molecule has 0 unspecified atom stereocenters. The van der Waals surface area contributed by atoms with Crippen molar-refractivity contribution in [3.8, 4) is 16.3 Å². The van der Waals surface area contributed by atoms with E-state index in [1.807, 2.05) is 41.8 Å². The van der Waals surface area contributed by atoms with Gasteiger partial charge in [-0.05, 0) is 19.1 Å². The van der Waals surface area contributed by atoms with Gasteiger partial charge in [0.05, 0.1) is 12.8 Å². The highest BCUT2D eigenvalue weighted by Gasteiger charge is 2.11. The number of hydrogen-bond acceptors (Lipinski definition) is 6. The second kappa shape index (κ2) is 7.63. The van der Waals surface area contributed by atoms with Gasteiger partial charge in [0.2, 0.25) is 0 Å². The van der Waals surface area contributed by atoms with Gasteiger partial charge in [0.15, 0.2) is 5.16 Å². The Labute approximate surface area is 149 Å². The molecule has 0 atom stereocenters. The zero-order valence-corrected chi connectivity index (χ0v) is 15.2. The molecule has 24 heavy (non-hydrogen) atoms. The summed E-state index contributed by atoms with van der Waals surface area (Å²) in [4.78, 5) is 4.72. The van der Waals surface area contributed by atoms with Crippen molar-refractivity contribution in [1.29, 1.82) is 0 Å². The summed E-state index contributed by atoms with van der Waals surface area (Å²) >= 11 is 3.28. The van der Waals surface area contributed by atoms with Crippen molar-refractivity contribution < 1.29 is 4.74 Å². The molecule has 7 heteroatoms. The molecule has 0 fully saturated rings. The van der Waals surface area contributed by atoms with Crippen molar-refractivity contribution >= 4 is 23.1 Å². The second-order valence-corrected chi connectivity index (χ2v) is 6.89. The number of methoxy groups -OCH3 is 1. The molecule has 3 rings (SSSR count). The van der Waals surface area contributed by atoms with Gasteiger partial charge in [-0.3, -0.25) is 0 Å². The minimum atomic E-state index is 0.716. The Hall–Kier alpha value is -2.12. The maximum absolute atomic E-state index is 5.27. The summed E-state index contributed by atoms with van der Waals surface area (Å²) in [5.74, 6) is 2.50. The van der Waals surface area contributed by atoms with E-state index in [1.165, 1.54) is 0 Å². The van der Waals surface area contributed by atoms with Crippen LogP contribution in [0.4, 0.5) is 0 Å². The Morgan fingerprint density at radius 2 is 2.25 bits per heavy atom. The fourth-order valence-electron chi connectivity index (χ4n) is 2.21. The number of aryl methyl sites for hydroxylation is 1. The van der Waals surface area contributed by atoms with Gasteiger partial charge in [-0.1, -0.05) is 30.0 Å². The Bertz CT molecular complexity index is 841. The van der Waals surface area contributed by atoms with Crippen molar-refractivity contribution in [2.45, 2.75) is 24.4 Å². The first-order valence-electron chi connectivity index (χ1n) is 7.43. The van der Waals surface area contributed by atoms with Gasteiger partial charge in [-0.25, -0.2) is 4.98 Å². The third kappa shape index (κ3) is 3.68. The average Bonchev–Trinajstić information content (AvgIpc) is 3.21. The summed E-state index contributed by atoms with van der Waals surface area (Å²) in [5.41, 5.74) is 2.11. The van der Waals surface area contributed by atoms with Gasteiger partial charge in [-0.15, -0.1) is 28.1 Å². The number of hydrogen-bond donors (Lipinski definition) is 0. The predicted octanol–water partition coefficient (Wildman–Crippen LogP) is 4.20. The van der Waals surface area contributed by atoms with Gasteiger partial charge in [0, 0.05) is 23.2 Å². The number of benzene rings is 1. The third-order valence-electron chi connectivity index (χ3n) is 3.43. The van der Waals surface area contributed by atoms with Crippen LogP contribution < -0.4 is 4.74 Å². The first-order chi connectivity index (χ1) is 11.7. The molecule has 0 spiro atoms. The number of thioether (sulfide) groups is 1. The van der Waals surface area contributed by atoms with E-state index in [9.17, 15) is 0 Å². The van der Waals surface area contributed by atoms with E-state index in [-0.39, 0.29) is 0 Å². The minimum Gasteiger partial charge on any atom is -0.497 e. The van der Waals surface area contributed by atoms with Crippen LogP contribution >= 0.6 is 23.1 Å². The topological polar surface area (TPSA) is 52.8 Å². The zero-order chi connectivity index (χ0) is 16.9. The summed E-state index contributed by atoms with van der Waals surface area (Å²) in [6.07, 6.45) is 1.85. The van der Waals surface area contributed by atoms with E-state index in [0.717, 1.165) is 38.7 Å². The van der Waals surface area contributed by atoms with E-state index >= 15 is 0 Å². The van der Waals surface area contributed by atoms with Crippen molar-refractivity contribution in [3.63, 3.8) is 0 Å². The molecule has 3 aromatic rings. The van der Waals surface area contributed by atoms with Gasteiger partial charge in [0.1, 0.15) is 16.6 Å². The molecular weight excluding hydrogens is 340 g/mol. The number of ether oxygens (including phenoxy) is 1. The van der Waals surface area contributed by atoms with E-state index in [1.54, 1.807) is 30.2 Å². The van der Waals surface area contributed by atoms with Crippen molar-refractivity contribution in [3.05, 3.63) is 53.8 Å². The molecule has 0 aliphatic heterocycles. The molecule has 5 nitrogen and oxygen atoms in total. The normalized spacial score (nSPS) is 10.8. The number of nitrogens with zero attached hydrogens (tertiary/aromatic N) is 4. The molecule has 0 radical (unpaired) electrons. The highest BCUT2D eigenvalue weighted by Crippen LogP contribution is 2.29. The fourth-order valence-corrected chi connectivity index (χ4v) is 4.02. The Kier molecular flexibility index (Phi) is 5.32. The summed E-state index contributed by atoms with van der Waals surface area (Å²) in [6.45, 7) is 6.44. The monoisotopic (exact) mass is 358 g/mol. The lowest BCUT2D eigenvalue weighted by atomic mass is 10.2. The van der Waals surface area contributed by atoms with E-state index in [4.69, 9.17) is 9.72 Å². The maximum atomic E-state index is 5.27. The first-order valence-corrected chi connectivity index (χ1v) is 9.30. The largest absolute Gasteiger partial charge is 0.497 e. The van der Waals surface area contributed by atoms with Crippen LogP contribution in [-0.4, -0.2) is 26.9 Å². The highest BCUT2D eigenvalue weighted by molar-refractivity contribution is 7.98. The molecule has 124 valence electrons. The fraction of sp³-hybridized carbons (Fsp3) is 0.235. The molecule has 2 heterocycles. The number of thiazole rings is 1. The van der Waals surface area contributed by atoms with E-state index in [0.29, 0.717) is 6.54 Å². The number of aromatic nitrogens is 4. The van der Waals surface area contributed by atoms with Gasteiger partial charge >= 0.3 is 0 Å². The van der Waals surface area contributed by atoms with Crippen LogP contribution in [0.3, 0.4) is 0 Å². The lowest BCUT2D eigenvalue weighted by Crippen LogP contribution is -2.00. The SMILES string of the molecule is C=CCn1c(C)nnc1SCc1csc(-c2cccc(OC)c2)n1. The lowest BCUT2D eigenvalue weighted by molar-refractivity contribution is 0.415. The summed E-state index contributed by atoms with van der Waals surface area (Å²) in [6, 6.07) is 7.95. The van der Waals surface area contributed by atoms with Crippen molar-refractivity contribution in [2.75, 3.05) is 7.11 Å². The molecule has 0 bridgehead atoms. The second-order valence-electron chi connectivity index (χ2n) is 5.09. The zero-order valence-electron chi connectivity index (χ0n) is 13.6. The lowest BCUT2D eigenvalue weighted by Gasteiger charge is -2.04. The van der Waals surface area contributed by atoms with Gasteiger partial charge in [-0.2, -0.15) is 0 Å². The highest BCUT2D eigenvalue weighted by atomic mass is 32.2. The molecule has 2 aromatic heterocycles. The standard InChI is InChI=1S/C17H18N4OS2/c1-4-8-21-12(2)19-20-17(21)24-11-14-10-23-16(18-14)13-6-5-7-15(9-13)22-3/h4-7,9-10H,1,8,11H2,2-3H3. The summed E-state index contributed by atoms with van der Waals surface area (Å²) in [7, 11) is 1.67. The van der Waals surface area contributed by atoms with Crippen molar-refractivity contribution in [1.82, 2.24) is 19.7 Å². The third-order valence-corrected chi connectivity index (χ3v) is 5.37.